The molecule has 2 rings (SSSR count). The van der Waals surface area contributed by atoms with E-state index in [0.29, 0.717) is 12.4 Å². The highest BCUT2D eigenvalue weighted by molar-refractivity contribution is 5.32. The number of hydrogen-bond donors (Lipinski definition) is 0. The number of ether oxygens (including phenoxy) is 1. The molecule has 0 aliphatic carbocycles. The molecule has 0 radical (unpaired) electrons. The topological polar surface area (TPSA) is 52.8 Å². The first-order valence-electron chi connectivity index (χ1n) is 5.91. The van der Waals surface area contributed by atoms with Crippen LogP contribution in [0.4, 0.5) is 0 Å². The molecule has 0 spiro atoms. The van der Waals surface area contributed by atoms with Crippen molar-refractivity contribution in [3.63, 3.8) is 0 Å². The fourth-order valence-corrected chi connectivity index (χ4v) is 1.58. The molecule has 0 fully saturated rings. The highest BCUT2D eigenvalue weighted by Gasteiger charge is 2.14. The maximum atomic E-state index is 5.66. The minimum Gasteiger partial charge on any atom is -0.485 e. The van der Waals surface area contributed by atoms with Gasteiger partial charge in [-0.05, 0) is 28.3 Å². The van der Waals surface area contributed by atoms with Crippen LogP contribution in [0, 0.1) is 0 Å². The Balaban J connectivity index is 2.06. The molecule has 0 aliphatic rings. The van der Waals surface area contributed by atoms with E-state index in [1.54, 1.807) is 7.05 Å². The zero-order chi connectivity index (χ0) is 13.2. The van der Waals surface area contributed by atoms with Gasteiger partial charge in [-0.25, -0.2) is 0 Å². The van der Waals surface area contributed by atoms with E-state index in [9.17, 15) is 0 Å². The van der Waals surface area contributed by atoms with E-state index < -0.39 is 0 Å². The standard InChI is InChI=1S/C13H18N4O/c1-13(2,3)10-6-5-7-11(8-10)18-9-12-14-16-17(4)15-12/h5-8H,9H2,1-4H3. The van der Waals surface area contributed by atoms with Crippen molar-refractivity contribution >= 4 is 0 Å². The smallest absolute Gasteiger partial charge is 0.212 e. The van der Waals surface area contributed by atoms with E-state index in [1.807, 2.05) is 12.1 Å². The lowest BCUT2D eigenvalue weighted by atomic mass is 9.87. The van der Waals surface area contributed by atoms with Crippen LogP contribution in [0.5, 0.6) is 5.75 Å². The maximum absolute atomic E-state index is 5.66. The summed E-state index contributed by atoms with van der Waals surface area (Å²) in [5.74, 6) is 1.41. The van der Waals surface area contributed by atoms with E-state index in [0.717, 1.165) is 5.75 Å². The fraction of sp³-hybridized carbons (Fsp3) is 0.462. The van der Waals surface area contributed by atoms with E-state index in [1.165, 1.54) is 10.4 Å². The Morgan fingerprint density at radius 2 is 2.06 bits per heavy atom. The van der Waals surface area contributed by atoms with E-state index in [4.69, 9.17) is 4.74 Å². The predicted octanol–water partition coefficient (Wildman–Crippen LogP) is 2.09. The van der Waals surface area contributed by atoms with Crippen molar-refractivity contribution < 1.29 is 4.74 Å². The molecule has 1 heterocycles. The number of tetrazole rings is 1. The van der Waals surface area contributed by atoms with E-state index in [2.05, 4.69) is 48.3 Å². The largest absolute Gasteiger partial charge is 0.485 e. The van der Waals surface area contributed by atoms with Gasteiger partial charge in [0, 0.05) is 0 Å². The summed E-state index contributed by atoms with van der Waals surface area (Å²) in [5.41, 5.74) is 1.36. The van der Waals surface area contributed by atoms with Crippen molar-refractivity contribution in [2.24, 2.45) is 7.05 Å². The molecule has 0 saturated carbocycles. The Morgan fingerprint density at radius 3 is 2.67 bits per heavy atom. The Morgan fingerprint density at radius 1 is 1.28 bits per heavy atom. The minimum absolute atomic E-state index is 0.115. The van der Waals surface area contributed by atoms with Crippen LogP contribution in [0.3, 0.4) is 0 Å². The van der Waals surface area contributed by atoms with Crippen molar-refractivity contribution in [3.8, 4) is 5.75 Å². The first-order chi connectivity index (χ1) is 8.45. The highest BCUT2D eigenvalue weighted by atomic mass is 16.5. The van der Waals surface area contributed by atoms with Crippen molar-refractivity contribution in [2.75, 3.05) is 0 Å². The number of aryl methyl sites for hydroxylation is 1. The van der Waals surface area contributed by atoms with Crippen molar-refractivity contribution in [3.05, 3.63) is 35.7 Å². The molecule has 96 valence electrons. The SMILES string of the molecule is Cn1nnc(COc2cccc(C(C)(C)C)c2)n1. The lowest BCUT2D eigenvalue weighted by Crippen LogP contribution is -2.11. The van der Waals surface area contributed by atoms with E-state index in [-0.39, 0.29) is 5.41 Å². The van der Waals surface area contributed by atoms with Gasteiger partial charge in [0.15, 0.2) is 6.61 Å². The molecule has 5 nitrogen and oxygen atoms in total. The van der Waals surface area contributed by atoms with Crippen molar-refractivity contribution in [1.29, 1.82) is 0 Å². The van der Waals surface area contributed by atoms with Gasteiger partial charge in [-0.1, -0.05) is 32.9 Å². The molecule has 0 amide bonds. The summed E-state index contributed by atoms with van der Waals surface area (Å²) in [5, 5.41) is 11.7. The molecule has 2 aromatic rings. The minimum atomic E-state index is 0.115. The summed E-state index contributed by atoms with van der Waals surface area (Å²) in [7, 11) is 1.73. The molecule has 0 saturated heterocycles. The number of benzene rings is 1. The van der Waals surface area contributed by atoms with Crippen LogP contribution >= 0.6 is 0 Å². The second-order valence-electron chi connectivity index (χ2n) is 5.26. The van der Waals surface area contributed by atoms with Gasteiger partial charge >= 0.3 is 0 Å². The van der Waals surface area contributed by atoms with Crippen LogP contribution in [-0.4, -0.2) is 20.2 Å². The van der Waals surface area contributed by atoms with Gasteiger partial charge in [-0.3, -0.25) is 0 Å². The molecule has 5 heteroatoms. The average Bonchev–Trinajstić information content (AvgIpc) is 2.72. The summed E-state index contributed by atoms with van der Waals surface area (Å²) in [4.78, 5) is 1.42. The lowest BCUT2D eigenvalue weighted by Gasteiger charge is -2.19. The Bertz CT molecular complexity index is 528. The van der Waals surface area contributed by atoms with Crippen LogP contribution in [0.2, 0.25) is 0 Å². The highest BCUT2D eigenvalue weighted by Crippen LogP contribution is 2.25. The van der Waals surface area contributed by atoms with Gasteiger partial charge < -0.3 is 4.74 Å². The van der Waals surface area contributed by atoms with Crippen molar-refractivity contribution in [2.45, 2.75) is 32.8 Å². The molecule has 0 N–H and O–H groups in total. The molecule has 0 atom stereocenters. The van der Waals surface area contributed by atoms with Crippen LogP contribution in [0.1, 0.15) is 32.2 Å². The van der Waals surface area contributed by atoms with Crippen LogP contribution in [0.25, 0.3) is 0 Å². The van der Waals surface area contributed by atoms with Gasteiger partial charge in [0.1, 0.15) is 5.75 Å². The van der Waals surface area contributed by atoms with Crippen LogP contribution in [0.15, 0.2) is 24.3 Å². The second kappa shape index (κ2) is 4.76. The summed E-state index contributed by atoms with van der Waals surface area (Å²) in [6, 6.07) is 8.09. The number of nitrogens with zero attached hydrogens (tertiary/aromatic N) is 4. The molecule has 0 aliphatic heterocycles. The number of rotatable bonds is 3. The quantitative estimate of drug-likeness (QED) is 0.832. The van der Waals surface area contributed by atoms with Gasteiger partial charge in [0.05, 0.1) is 7.05 Å². The zero-order valence-corrected chi connectivity index (χ0v) is 11.2. The summed E-state index contributed by atoms with van der Waals surface area (Å²) < 4.78 is 5.66. The third-order valence-corrected chi connectivity index (χ3v) is 2.62. The predicted molar refractivity (Wildman–Crippen MR) is 68.3 cm³/mol. The lowest BCUT2D eigenvalue weighted by molar-refractivity contribution is 0.294. The molecule has 0 bridgehead atoms. The Hall–Kier alpha value is -1.91. The molecular formula is C13H18N4O. The second-order valence-corrected chi connectivity index (χ2v) is 5.26. The van der Waals surface area contributed by atoms with Gasteiger partial charge in [-0.15, -0.1) is 10.2 Å². The number of aromatic nitrogens is 4. The van der Waals surface area contributed by atoms with Gasteiger partial charge in [0.2, 0.25) is 5.82 Å². The molecule has 1 aromatic heterocycles. The Kier molecular flexibility index (Phi) is 3.32. The first kappa shape index (κ1) is 12.5. The maximum Gasteiger partial charge on any atom is 0.212 e. The Labute approximate surface area is 107 Å². The average molecular weight is 246 g/mol. The number of hydrogen-bond acceptors (Lipinski definition) is 4. The zero-order valence-electron chi connectivity index (χ0n) is 11.2. The van der Waals surface area contributed by atoms with Gasteiger partial charge in [0.25, 0.3) is 0 Å². The van der Waals surface area contributed by atoms with Crippen LogP contribution < -0.4 is 4.74 Å². The van der Waals surface area contributed by atoms with E-state index >= 15 is 0 Å². The molecule has 0 unspecified atom stereocenters. The third-order valence-electron chi connectivity index (χ3n) is 2.62. The fourth-order valence-electron chi connectivity index (χ4n) is 1.58. The summed E-state index contributed by atoms with van der Waals surface area (Å²) >= 11 is 0. The summed E-state index contributed by atoms with van der Waals surface area (Å²) in [6.45, 7) is 6.87. The van der Waals surface area contributed by atoms with Gasteiger partial charge in [-0.2, -0.15) is 4.80 Å². The summed E-state index contributed by atoms with van der Waals surface area (Å²) in [6.07, 6.45) is 0. The van der Waals surface area contributed by atoms with Crippen molar-refractivity contribution in [1.82, 2.24) is 20.2 Å². The monoisotopic (exact) mass is 246 g/mol. The normalized spacial score (nSPS) is 11.6. The van der Waals surface area contributed by atoms with Crippen LogP contribution in [-0.2, 0) is 19.1 Å². The molecule has 1 aromatic carbocycles. The molecule has 18 heavy (non-hydrogen) atoms. The molecular weight excluding hydrogens is 228 g/mol. The first-order valence-corrected chi connectivity index (χ1v) is 5.91. The third kappa shape index (κ3) is 3.06.